The minimum absolute atomic E-state index is 0.0464. The molecule has 0 radical (unpaired) electrons. The van der Waals surface area contributed by atoms with Crippen LogP contribution in [0.4, 0.5) is 0 Å². The number of rotatable bonds is 3. The molecule has 2 rings (SSSR count). The summed E-state index contributed by atoms with van der Waals surface area (Å²) in [4.78, 5) is 0. The fraction of sp³-hybridized carbons (Fsp3) is 0.500. The normalized spacial score (nSPS) is 21.5. The van der Waals surface area contributed by atoms with Gasteiger partial charge in [-0.2, -0.15) is 0 Å². The maximum Gasteiger partial charge on any atom is 0.163 e. The number of benzene rings is 1. The molecule has 0 aliphatic carbocycles. The summed E-state index contributed by atoms with van der Waals surface area (Å²) in [5.41, 5.74) is 0.907. The molecule has 0 bridgehead atoms. The van der Waals surface area contributed by atoms with E-state index >= 15 is 0 Å². The topological polar surface area (TPSA) is 38.7 Å². The van der Waals surface area contributed by atoms with Crippen LogP contribution in [0.1, 0.15) is 18.6 Å². The fourth-order valence-electron chi connectivity index (χ4n) is 1.78. The SMILES string of the molecule is C[C@H](C1OCCO1)[C@@H](O)c1ccccc1. The van der Waals surface area contributed by atoms with E-state index in [1.807, 2.05) is 37.3 Å². The molecule has 0 amide bonds. The maximum atomic E-state index is 10.1. The van der Waals surface area contributed by atoms with Crippen molar-refractivity contribution in [2.75, 3.05) is 13.2 Å². The molecule has 0 unspecified atom stereocenters. The quantitative estimate of drug-likeness (QED) is 0.822. The Morgan fingerprint density at radius 3 is 2.40 bits per heavy atom. The zero-order chi connectivity index (χ0) is 10.7. The first-order valence-corrected chi connectivity index (χ1v) is 5.25. The lowest BCUT2D eigenvalue weighted by Crippen LogP contribution is -2.24. The van der Waals surface area contributed by atoms with Crippen molar-refractivity contribution >= 4 is 0 Å². The molecule has 1 fully saturated rings. The monoisotopic (exact) mass is 208 g/mol. The van der Waals surface area contributed by atoms with Crippen LogP contribution in [-0.2, 0) is 9.47 Å². The molecule has 3 nitrogen and oxygen atoms in total. The molecular formula is C12H16O3. The van der Waals surface area contributed by atoms with Crippen molar-refractivity contribution < 1.29 is 14.6 Å². The Labute approximate surface area is 89.6 Å². The molecule has 1 saturated heterocycles. The summed E-state index contributed by atoms with van der Waals surface area (Å²) >= 11 is 0. The van der Waals surface area contributed by atoms with Crippen molar-refractivity contribution in [3.63, 3.8) is 0 Å². The molecule has 1 heterocycles. The van der Waals surface area contributed by atoms with Gasteiger partial charge in [0, 0.05) is 5.92 Å². The van der Waals surface area contributed by atoms with Crippen LogP contribution in [-0.4, -0.2) is 24.6 Å². The van der Waals surface area contributed by atoms with Crippen molar-refractivity contribution in [3.8, 4) is 0 Å². The van der Waals surface area contributed by atoms with E-state index < -0.39 is 6.10 Å². The fourth-order valence-corrected chi connectivity index (χ4v) is 1.78. The number of hydrogen-bond donors (Lipinski definition) is 1. The zero-order valence-corrected chi connectivity index (χ0v) is 8.80. The number of ether oxygens (including phenoxy) is 2. The first-order valence-electron chi connectivity index (χ1n) is 5.25. The van der Waals surface area contributed by atoms with Gasteiger partial charge in [0.15, 0.2) is 6.29 Å². The van der Waals surface area contributed by atoms with Crippen LogP contribution in [0.3, 0.4) is 0 Å². The van der Waals surface area contributed by atoms with Gasteiger partial charge in [0.2, 0.25) is 0 Å². The Bertz CT molecular complexity index is 293. The Morgan fingerprint density at radius 2 is 1.80 bits per heavy atom. The zero-order valence-electron chi connectivity index (χ0n) is 8.80. The third-order valence-electron chi connectivity index (χ3n) is 2.72. The van der Waals surface area contributed by atoms with Crippen LogP contribution >= 0.6 is 0 Å². The van der Waals surface area contributed by atoms with Crippen molar-refractivity contribution in [2.45, 2.75) is 19.3 Å². The predicted octanol–water partition coefficient (Wildman–Crippen LogP) is 1.73. The molecular weight excluding hydrogens is 192 g/mol. The standard InChI is InChI=1S/C12H16O3/c1-9(12-14-7-8-15-12)11(13)10-5-3-2-4-6-10/h2-6,9,11-13H,7-8H2,1H3/t9-,11+/m0/s1. The molecule has 0 aromatic heterocycles. The third kappa shape index (κ3) is 2.37. The lowest BCUT2D eigenvalue weighted by molar-refractivity contribution is -0.111. The molecule has 1 N–H and O–H groups in total. The Morgan fingerprint density at radius 1 is 1.20 bits per heavy atom. The van der Waals surface area contributed by atoms with Crippen LogP contribution in [0.15, 0.2) is 30.3 Å². The molecule has 1 aromatic carbocycles. The van der Waals surface area contributed by atoms with E-state index in [0.29, 0.717) is 13.2 Å². The molecule has 1 aliphatic heterocycles. The number of hydrogen-bond acceptors (Lipinski definition) is 3. The second-order valence-electron chi connectivity index (χ2n) is 3.82. The van der Waals surface area contributed by atoms with Crippen molar-refractivity contribution in [3.05, 3.63) is 35.9 Å². The lowest BCUT2D eigenvalue weighted by Gasteiger charge is -2.23. The summed E-state index contributed by atoms with van der Waals surface area (Å²) in [5.74, 6) is -0.0464. The third-order valence-corrected chi connectivity index (χ3v) is 2.72. The van der Waals surface area contributed by atoms with Gasteiger partial charge in [-0.1, -0.05) is 37.3 Å². The van der Waals surface area contributed by atoms with Crippen LogP contribution in [0.2, 0.25) is 0 Å². The van der Waals surface area contributed by atoms with Crippen LogP contribution in [0.25, 0.3) is 0 Å². The van der Waals surface area contributed by atoms with E-state index in [1.165, 1.54) is 0 Å². The summed E-state index contributed by atoms with van der Waals surface area (Å²) in [6, 6.07) is 9.60. The molecule has 15 heavy (non-hydrogen) atoms. The highest BCUT2D eigenvalue weighted by Crippen LogP contribution is 2.27. The average Bonchev–Trinajstić information content (AvgIpc) is 2.82. The van der Waals surface area contributed by atoms with Crippen LogP contribution in [0, 0.1) is 5.92 Å². The van der Waals surface area contributed by atoms with Gasteiger partial charge in [-0.15, -0.1) is 0 Å². The van der Waals surface area contributed by atoms with E-state index in [1.54, 1.807) is 0 Å². The van der Waals surface area contributed by atoms with Gasteiger partial charge in [0.25, 0.3) is 0 Å². The Kier molecular flexibility index (Phi) is 3.36. The van der Waals surface area contributed by atoms with Crippen molar-refractivity contribution in [1.29, 1.82) is 0 Å². The number of aliphatic hydroxyl groups excluding tert-OH is 1. The summed E-state index contributed by atoms with van der Waals surface area (Å²) in [6.07, 6.45) is -0.811. The molecule has 0 spiro atoms. The van der Waals surface area contributed by atoms with Gasteiger partial charge in [-0.3, -0.25) is 0 Å². The lowest BCUT2D eigenvalue weighted by atomic mass is 9.97. The Hall–Kier alpha value is -0.900. The van der Waals surface area contributed by atoms with Gasteiger partial charge >= 0.3 is 0 Å². The van der Waals surface area contributed by atoms with E-state index in [9.17, 15) is 5.11 Å². The van der Waals surface area contributed by atoms with E-state index in [0.717, 1.165) is 5.56 Å². The maximum absolute atomic E-state index is 10.1. The highest BCUT2D eigenvalue weighted by atomic mass is 16.7. The summed E-state index contributed by atoms with van der Waals surface area (Å²) < 4.78 is 10.8. The number of aliphatic hydroxyl groups is 1. The van der Waals surface area contributed by atoms with E-state index in [4.69, 9.17) is 9.47 Å². The molecule has 1 aliphatic rings. The van der Waals surface area contributed by atoms with E-state index in [2.05, 4.69) is 0 Å². The molecule has 0 saturated carbocycles. The first kappa shape index (κ1) is 10.6. The molecule has 2 atom stereocenters. The summed E-state index contributed by atoms with van der Waals surface area (Å²) in [5, 5.41) is 10.1. The first-order chi connectivity index (χ1) is 7.29. The molecule has 3 heteroatoms. The largest absolute Gasteiger partial charge is 0.388 e. The molecule has 82 valence electrons. The highest BCUT2D eigenvalue weighted by molar-refractivity contribution is 5.17. The van der Waals surface area contributed by atoms with Crippen LogP contribution in [0.5, 0.6) is 0 Å². The molecule has 1 aromatic rings. The average molecular weight is 208 g/mol. The van der Waals surface area contributed by atoms with Gasteiger partial charge < -0.3 is 14.6 Å². The predicted molar refractivity (Wildman–Crippen MR) is 56.3 cm³/mol. The summed E-state index contributed by atoms with van der Waals surface area (Å²) in [6.45, 7) is 3.18. The van der Waals surface area contributed by atoms with Gasteiger partial charge in [0.05, 0.1) is 19.3 Å². The van der Waals surface area contributed by atoms with Crippen LogP contribution < -0.4 is 0 Å². The minimum Gasteiger partial charge on any atom is -0.388 e. The second-order valence-corrected chi connectivity index (χ2v) is 3.82. The van der Waals surface area contributed by atoms with E-state index in [-0.39, 0.29) is 12.2 Å². The van der Waals surface area contributed by atoms with Gasteiger partial charge in [-0.25, -0.2) is 0 Å². The van der Waals surface area contributed by atoms with Crippen molar-refractivity contribution in [2.24, 2.45) is 5.92 Å². The van der Waals surface area contributed by atoms with Gasteiger partial charge in [-0.05, 0) is 5.56 Å². The van der Waals surface area contributed by atoms with Gasteiger partial charge in [0.1, 0.15) is 0 Å². The highest BCUT2D eigenvalue weighted by Gasteiger charge is 2.29. The smallest absolute Gasteiger partial charge is 0.163 e. The Balaban J connectivity index is 2.03. The summed E-state index contributed by atoms with van der Waals surface area (Å²) in [7, 11) is 0. The minimum atomic E-state index is -0.533. The second kappa shape index (κ2) is 4.75. The van der Waals surface area contributed by atoms with Crippen molar-refractivity contribution in [1.82, 2.24) is 0 Å².